The molecule has 1 aliphatic rings. The highest BCUT2D eigenvalue weighted by Crippen LogP contribution is 2.12. The Bertz CT molecular complexity index is 349. The predicted molar refractivity (Wildman–Crippen MR) is 79.3 cm³/mol. The number of nitrogens with one attached hydrogen (secondary N) is 1. The van der Waals surface area contributed by atoms with Gasteiger partial charge in [0, 0.05) is 25.2 Å². The summed E-state index contributed by atoms with van der Waals surface area (Å²) in [4.78, 5) is 2.41. The molecule has 3 heteroatoms. The van der Waals surface area contributed by atoms with E-state index in [2.05, 4.69) is 47.5 Å². The van der Waals surface area contributed by atoms with Crippen molar-refractivity contribution in [3.05, 3.63) is 35.9 Å². The third kappa shape index (κ3) is 4.60. The minimum absolute atomic E-state index is 0.242. The Balaban J connectivity index is 1.89. The molecule has 0 aromatic heterocycles. The first-order valence-corrected chi connectivity index (χ1v) is 7.42. The topological polar surface area (TPSA) is 35.5 Å². The van der Waals surface area contributed by atoms with Crippen molar-refractivity contribution >= 4 is 0 Å². The molecule has 2 N–H and O–H groups in total. The maximum Gasteiger partial charge on any atom is 0.0558 e. The fourth-order valence-electron chi connectivity index (χ4n) is 2.90. The molecule has 0 aliphatic carbocycles. The highest BCUT2D eigenvalue weighted by Gasteiger charge is 2.21. The third-order valence-electron chi connectivity index (χ3n) is 4.00. The van der Waals surface area contributed by atoms with E-state index in [-0.39, 0.29) is 6.61 Å². The van der Waals surface area contributed by atoms with Gasteiger partial charge in [-0.05, 0) is 38.3 Å². The van der Waals surface area contributed by atoms with Gasteiger partial charge in [0.15, 0.2) is 0 Å². The second-order valence-electron chi connectivity index (χ2n) is 5.55. The van der Waals surface area contributed by atoms with Gasteiger partial charge < -0.3 is 10.4 Å². The minimum Gasteiger partial charge on any atom is -0.395 e. The molecule has 2 rings (SSSR count). The Morgan fingerprint density at radius 3 is 2.79 bits per heavy atom. The quantitative estimate of drug-likeness (QED) is 0.784. The van der Waals surface area contributed by atoms with Crippen LogP contribution in [0.15, 0.2) is 30.3 Å². The molecule has 1 aliphatic heterocycles. The van der Waals surface area contributed by atoms with Crippen LogP contribution in [0.4, 0.5) is 0 Å². The molecule has 0 radical (unpaired) electrons. The van der Waals surface area contributed by atoms with Gasteiger partial charge in [0.1, 0.15) is 0 Å². The van der Waals surface area contributed by atoms with Crippen molar-refractivity contribution in [3.8, 4) is 0 Å². The van der Waals surface area contributed by atoms with Crippen molar-refractivity contribution in [3.63, 3.8) is 0 Å². The van der Waals surface area contributed by atoms with Crippen molar-refractivity contribution in [1.29, 1.82) is 0 Å². The van der Waals surface area contributed by atoms with Crippen LogP contribution in [-0.4, -0.2) is 48.3 Å². The molecule has 0 spiro atoms. The molecule has 19 heavy (non-hydrogen) atoms. The minimum atomic E-state index is 0.242. The first kappa shape index (κ1) is 14.5. The van der Waals surface area contributed by atoms with E-state index in [1.165, 1.54) is 18.4 Å². The molecule has 2 atom stereocenters. The summed E-state index contributed by atoms with van der Waals surface area (Å²) in [6.07, 6.45) is 3.60. The van der Waals surface area contributed by atoms with Gasteiger partial charge in [-0.25, -0.2) is 0 Å². The standard InChI is InChI=1S/C16H26N2O/c1-14(12-15-6-3-2-4-7-15)18(10-11-19)13-16-8-5-9-17-16/h2-4,6-7,14,16-17,19H,5,8-13H2,1H3. The van der Waals surface area contributed by atoms with E-state index in [1.807, 2.05) is 0 Å². The number of aliphatic hydroxyl groups excluding tert-OH is 1. The lowest BCUT2D eigenvalue weighted by atomic mass is 10.1. The summed E-state index contributed by atoms with van der Waals surface area (Å²) in [7, 11) is 0. The third-order valence-corrected chi connectivity index (χ3v) is 4.00. The van der Waals surface area contributed by atoms with Crippen LogP contribution in [0.5, 0.6) is 0 Å². The lowest BCUT2D eigenvalue weighted by molar-refractivity contribution is 0.146. The lowest BCUT2D eigenvalue weighted by Gasteiger charge is -2.31. The highest BCUT2D eigenvalue weighted by atomic mass is 16.3. The second-order valence-corrected chi connectivity index (χ2v) is 5.55. The number of benzene rings is 1. The van der Waals surface area contributed by atoms with E-state index >= 15 is 0 Å². The normalized spacial score (nSPS) is 20.9. The van der Waals surface area contributed by atoms with Gasteiger partial charge in [0.2, 0.25) is 0 Å². The SMILES string of the molecule is CC(Cc1ccccc1)N(CCO)CC1CCCN1. The van der Waals surface area contributed by atoms with Crippen molar-refractivity contribution < 1.29 is 5.11 Å². The zero-order valence-corrected chi connectivity index (χ0v) is 11.9. The van der Waals surface area contributed by atoms with Crippen LogP contribution in [-0.2, 0) is 6.42 Å². The van der Waals surface area contributed by atoms with Crippen LogP contribution in [0.2, 0.25) is 0 Å². The molecule has 1 saturated heterocycles. The average Bonchev–Trinajstić information content (AvgIpc) is 2.92. The van der Waals surface area contributed by atoms with Gasteiger partial charge in [-0.15, -0.1) is 0 Å². The van der Waals surface area contributed by atoms with Crippen LogP contribution in [0.25, 0.3) is 0 Å². The molecule has 106 valence electrons. The summed E-state index contributed by atoms with van der Waals surface area (Å²) < 4.78 is 0. The lowest BCUT2D eigenvalue weighted by Crippen LogP contribution is -2.44. The van der Waals surface area contributed by atoms with Gasteiger partial charge in [-0.3, -0.25) is 4.90 Å². The summed E-state index contributed by atoms with van der Waals surface area (Å²) in [5.41, 5.74) is 1.37. The first-order chi connectivity index (χ1) is 9.29. The molecule has 1 aromatic carbocycles. The zero-order valence-electron chi connectivity index (χ0n) is 11.9. The number of aliphatic hydroxyl groups is 1. The Labute approximate surface area is 116 Å². The molecule has 3 nitrogen and oxygen atoms in total. The van der Waals surface area contributed by atoms with Crippen LogP contribution < -0.4 is 5.32 Å². The maximum atomic E-state index is 9.26. The fourth-order valence-corrected chi connectivity index (χ4v) is 2.90. The van der Waals surface area contributed by atoms with E-state index in [0.29, 0.717) is 12.1 Å². The van der Waals surface area contributed by atoms with Gasteiger partial charge in [0.25, 0.3) is 0 Å². The van der Waals surface area contributed by atoms with E-state index in [9.17, 15) is 5.11 Å². The average molecular weight is 262 g/mol. The van der Waals surface area contributed by atoms with Crippen LogP contribution in [0, 0.1) is 0 Å². The van der Waals surface area contributed by atoms with E-state index in [1.54, 1.807) is 0 Å². The highest BCUT2D eigenvalue weighted by molar-refractivity contribution is 5.15. The summed E-state index contributed by atoms with van der Waals surface area (Å²) in [5.74, 6) is 0. The van der Waals surface area contributed by atoms with Gasteiger partial charge >= 0.3 is 0 Å². The number of rotatable bonds is 7. The van der Waals surface area contributed by atoms with Crippen LogP contribution >= 0.6 is 0 Å². The van der Waals surface area contributed by atoms with Crippen LogP contribution in [0.1, 0.15) is 25.3 Å². The zero-order chi connectivity index (χ0) is 13.5. The van der Waals surface area contributed by atoms with Crippen molar-refractivity contribution in [1.82, 2.24) is 10.2 Å². The van der Waals surface area contributed by atoms with E-state index in [0.717, 1.165) is 26.1 Å². The number of nitrogens with zero attached hydrogens (tertiary/aromatic N) is 1. The molecule has 1 fully saturated rings. The Hall–Kier alpha value is -0.900. The van der Waals surface area contributed by atoms with Gasteiger partial charge in [0.05, 0.1) is 6.61 Å². The fraction of sp³-hybridized carbons (Fsp3) is 0.625. The molecular weight excluding hydrogens is 236 g/mol. The van der Waals surface area contributed by atoms with Crippen molar-refractivity contribution in [2.24, 2.45) is 0 Å². The molecule has 0 amide bonds. The second kappa shape index (κ2) is 7.63. The molecule has 0 bridgehead atoms. The summed E-state index contributed by atoms with van der Waals surface area (Å²) in [5, 5.41) is 12.8. The maximum absolute atomic E-state index is 9.26. The molecule has 1 heterocycles. The number of hydrogen-bond acceptors (Lipinski definition) is 3. The Kier molecular flexibility index (Phi) is 5.83. The summed E-state index contributed by atoms with van der Waals surface area (Å²) in [6, 6.07) is 11.7. The van der Waals surface area contributed by atoms with Gasteiger partial charge in [-0.2, -0.15) is 0 Å². The Morgan fingerprint density at radius 2 is 2.16 bits per heavy atom. The predicted octanol–water partition coefficient (Wildman–Crippen LogP) is 1.66. The smallest absolute Gasteiger partial charge is 0.0558 e. The largest absolute Gasteiger partial charge is 0.395 e. The number of hydrogen-bond donors (Lipinski definition) is 2. The van der Waals surface area contributed by atoms with E-state index < -0.39 is 0 Å². The van der Waals surface area contributed by atoms with E-state index in [4.69, 9.17) is 0 Å². The first-order valence-electron chi connectivity index (χ1n) is 7.42. The molecule has 1 aromatic rings. The van der Waals surface area contributed by atoms with Gasteiger partial charge in [-0.1, -0.05) is 30.3 Å². The Morgan fingerprint density at radius 1 is 1.37 bits per heavy atom. The van der Waals surface area contributed by atoms with Crippen molar-refractivity contribution in [2.45, 2.75) is 38.3 Å². The summed E-state index contributed by atoms with van der Waals surface area (Å²) in [6.45, 7) is 5.47. The van der Waals surface area contributed by atoms with Crippen LogP contribution in [0.3, 0.4) is 0 Å². The summed E-state index contributed by atoms with van der Waals surface area (Å²) >= 11 is 0. The molecular formula is C16H26N2O. The monoisotopic (exact) mass is 262 g/mol. The molecule has 2 unspecified atom stereocenters. The molecule has 0 saturated carbocycles. The van der Waals surface area contributed by atoms with Crippen molar-refractivity contribution in [2.75, 3.05) is 26.2 Å².